The summed E-state index contributed by atoms with van der Waals surface area (Å²) in [5.41, 5.74) is 8.96. The molecule has 21 heavy (non-hydrogen) atoms. The van der Waals surface area contributed by atoms with Crippen LogP contribution in [0, 0.1) is 6.92 Å². The minimum absolute atomic E-state index is 0.0439. The molecule has 0 aliphatic rings. The number of nitrogens with zero attached hydrogens (tertiary/aromatic N) is 1. The van der Waals surface area contributed by atoms with Crippen LogP contribution in [0.15, 0.2) is 47.3 Å². The van der Waals surface area contributed by atoms with E-state index < -0.39 is 0 Å². The van der Waals surface area contributed by atoms with Crippen molar-refractivity contribution < 1.29 is 0 Å². The van der Waals surface area contributed by atoms with Gasteiger partial charge in [0.05, 0.1) is 6.04 Å². The van der Waals surface area contributed by atoms with E-state index in [0.29, 0.717) is 5.56 Å². The van der Waals surface area contributed by atoms with Gasteiger partial charge in [-0.15, -0.1) is 0 Å². The first-order chi connectivity index (χ1) is 10.1. The highest BCUT2D eigenvalue weighted by molar-refractivity contribution is 5.30. The SMILES string of the molecule is CCCCCn1c(C)ccc(C(N)c2ccccc2)c1=O. The fraction of sp³-hybridized carbons (Fsp3) is 0.389. The van der Waals surface area contributed by atoms with Crippen molar-refractivity contribution >= 4 is 0 Å². The third-order valence-electron chi connectivity index (χ3n) is 3.90. The lowest BCUT2D eigenvalue weighted by molar-refractivity contribution is 0.570. The molecule has 1 unspecified atom stereocenters. The molecule has 0 aliphatic carbocycles. The van der Waals surface area contributed by atoms with Gasteiger partial charge in [0.25, 0.3) is 5.56 Å². The number of benzene rings is 1. The molecule has 1 aromatic carbocycles. The van der Waals surface area contributed by atoms with Crippen LogP contribution < -0.4 is 11.3 Å². The Morgan fingerprint density at radius 2 is 1.81 bits per heavy atom. The third kappa shape index (κ3) is 3.61. The number of hydrogen-bond donors (Lipinski definition) is 1. The Balaban J connectivity index is 2.33. The number of rotatable bonds is 6. The zero-order valence-corrected chi connectivity index (χ0v) is 12.9. The highest BCUT2D eigenvalue weighted by Crippen LogP contribution is 2.16. The molecule has 2 rings (SSSR count). The molecule has 0 bridgehead atoms. The molecule has 3 heteroatoms. The van der Waals surface area contributed by atoms with Gasteiger partial charge in [-0.1, -0.05) is 50.1 Å². The smallest absolute Gasteiger partial charge is 0.255 e. The van der Waals surface area contributed by atoms with E-state index in [1.165, 1.54) is 0 Å². The molecular weight excluding hydrogens is 260 g/mol. The molecule has 0 amide bonds. The van der Waals surface area contributed by atoms with Gasteiger partial charge in [-0.25, -0.2) is 0 Å². The van der Waals surface area contributed by atoms with E-state index in [-0.39, 0.29) is 11.6 Å². The summed E-state index contributed by atoms with van der Waals surface area (Å²) in [5, 5.41) is 0. The first kappa shape index (κ1) is 15.5. The molecule has 2 N–H and O–H groups in total. The number of pyridine rings is 1. The molecule has 0 saturated carbocycles. The largest absolute Gasteiger partial charge is 0.320 e. The molecule has 0 saturated heterocycles. The maximum absolute atomic E-state index is 12.7. The van der Waals surface area contributed by atoms with Gasteiger partial charge in [0, 0.05) is 17.8 Å². The average Bonchev–Trinajstić information content (AvgIpc) is 2.51. The third-order valence-corrected chi connectivity index (χ3v) is 3.90. The van der Waals surface area contributed by atoms with E-state index in [1.807, 2.05) is 54.0 Å². The Bertz CT molecular complexity index is 631. The Labute approximate surface area is 126 Å². The zero-order valence-electron chi connectivity index (χ0n) is 12.9. The molecule has 0 radical (unpaired) electrons. The standard InChI is InChI=1S/C18H24N2O/c1-3-4-8-13-20-14(2)11-12-16(18(20)21)17(19)15-9-6-5-7-10-15/h5-7,9-12,17H,3-4,8,13,19H2,1-2H3. The summed E-state index contributed by atoms with van der Waals surface area (Å²) < 4.78 is 1.85. The van der Waals surface area contributed by atoms with Crippen LogP contribution in [-0.2, 0) is 6.54 Å². The molecule has 1 aromatic heterocycles. The van der Waals surface area contributed by atoms with E-state index in [0.717, 1.165) is 37.1 Å². The molecule has 112 valence electrons. The van der Waals surface area contributed by atoms with Crippen molar-refractivity contribution in [3.63, 3.8) is 0 Å². The van der Waals surface area contributed by atoms with Gasteiger partial charge in [0.1, 0.15) is 0 Å². The van der Waals surface area contributed by atoms with E-state index in [1.54, 1.807) is 0 Å². The summed E-state index contributed by atoms with van der Waals surface area (Å²) in [6, 6.07) is 13.3. The summed E-state index contributed by atoms with van der Waals surface area (Å²) in [4.78, 5) is 12.7. The minimum Gasteiger partial charge on any atom is -0.320 e. The Morgan fingerprint density at radius 3 is 2.48 bits per heavy atom. The normalized spacial score (nSPS) is 12.3. The second-order valence-corrected chi connectivity index (χ2v) is 5.48. The molecule has 0 fully saturated rings. The van der Waals surface area contributed by atoms with E-state index >= 15 is 0 Å². The highest BCUT2D eigenvalue weighted by Gasteiger charge is 2.14. The van der Waals surface area contributed by atoms with Gasteiger partial charge in [0.2, 0.25) is 0 Å². The van der Waals surface area contributed by atoms with Gasteiger partial charge in [-0.3, -0.25) is 4.79 Å². The van der Waals surface area contributed by atoms with Crippen LogP contribution in [0.1, 0.15) is 49.0 Å². The molecule has 0 spiro atoms. The molecule has 1 atom stereocenters. The summed E-state index contributed by atoms with van der Waals surface area (Å²) >= 11 is 0. The highest BCUT2D eigenvalue weighted by atomic mass is 16.1. The summed E-state index contributed by atoms with van der Waals surface area (Å²) in [6.45, 7) is 4.91. The lowest BCUT2D eigenvalue weighted by Crippen LogP contribution is -2.30. The van der Waals surface area contributed by atoms with Gasteiger partial charge in [-0.05, 0) is 31.0 Å². The molecule has 0 aliphatic heterocycles. The van der Waals surface area contributed by atoms with Crippen LogP contribution in [0.2, 0.25) is 0 Å². The minimum atomic E-state index is -0.364. The monoisotopic (exact) mass is 284 g/mol. The topological polar surface area (TPSA) is 48.0 Å². The van der Waals surface area contributed by atoms with Crippen LogP contribution in [0.3, 0.4) is 0 Å². The van der Waals surface area contributed by atoms with Gasteiger partial charge in [-0.2, -0.15) is 0 Å². The van der Waals surface area contributed by atoms with E-state index in [2.05, 4.69) is 6.92 Å². The number of nitrogens with two attached hydrogens (primary N) is 1. The van der Waals surface area contributed by atoms with Crippen molar-refractivity contribution in [1.82, 2.24) is 4.57 Å². The predicted octanol–water partition coefficient (Wildman–Crippen LogP) is 3.40. The lowest BCUT2D eigenvalue weighted by atomic mass is 10.0. The number of aryl methyl sites for hydroxylation is 1. The maximum Gasteiger partial charge on any atom is 0.255 e. The Kier molecular flexibility index (Phi) is 5.34. The van der Waals surface area contributed by atoms with Crippen LogP contribution in [0.4, 0.5) is 0 Å². The van der Waals surface area contributed by atoms with E-state index in [9.17, 15) is 4.79 Å². The zero-order chi connectivity index (χ0) is 15.2. The fourth-order valence-corrected chi connectivity index (χ4v) is 2.56. The van der Waals surface area contributed by atoms with Crippen LogP contribution in [-0.4, -0.2) is 4.57 Å². The van der Waals surface area contributed by atoms with Crippen LogP contribution in [0.5, 0.6) is 0 Å². The van der Waals surface area contributed by atoms with Gasteiger partial charge < -0.3 is 10.3 Å². The van der Waals surface area contributed by atoms with Crippen molar-refractivity contribution in [1.29, 1.82) is 0 Å². The summed E-state index contributed by atoms with van der Waals surface area (Å²) in [6.07, 6.45) is 3.32. The van der Waals surface area contributed by atoms with Crippen molar-refractivity contribution in [3.8, 4) is 0 Å². The molecule has 3 nitrogen and oxygen atoms in total. The van der Waals surface area contributed by atoms with E-state index in [4.69, 9.17) is 5.73 Å². The second-order valence-electron chi connectivity index (χ2n) is 5.48. The summed E-state index contributed by atoms with van der Waals surface area (Å²) in [5.74, 6) is 0. The lowest BCUT2D eigenvalue weighted by Gasteiger charge is -2.16. The molecule has 2 aromatic rings. The summed E-state index contributed by atoms with van der Waals surface area (Å²) in [7, 11) is 0. The van der Waals surface area contributed by atoms with Crippen molar-refractivity contribution in [2.45, 2.75) is 45.7 Å². The number of hydrogen-bond acceptors (Lipinski definition) is 2. The average molecular weight is 284 g/mol. The molecule has 1 heterocycles. The van der Waals surface area contributed by atoms with Crippen molar-refractivity contribution in [3.05, 3.63) is 69.6 Å². The Morgan fingerprint density at radius 1 is 1.10 bits per heavy atom. The van der Waals surface area contributed by atoms with Crippen molar-refractivity contribution in [2.24, 2.45) is 5.73 Å². The maximum atomic E-state index is 12.7. The first-order valence-corrected chi connectivity index (χ1v) is 7.66. The Hall–Kier alpha value is -1.87. The predicted molar refractivity (Wildman–Crippen MR) is 87.4 cm³/mol. The van der Waals surface area contributed by atoms with Crippen molar-refractivity contribution in [2.75, 3.05) is 0 Å². The number of aromatic nitrogens is 1. The van der Waals surface area contributed by atoms with Crippen LogP contribution in [0.25, 0.3) is 0 Å². The van der Waals surface area contributed by atoms with Crippen LogP contribution >= 0.6 is 0 Å². The second kappa shape index (κ2) is 7.23. The van der Waals surface area contributed by atoms with Gasteiger partial charge >= 0.3 is 0 Å². The quantitative estimate of drug-likeness (QED) is 0.826. The fourth-order valence-electron chi connectivity index (χ4n) is 2.56. The number of unbranched alkanes of at least 4 members (excludes halogenated alkanes) is 2. The van der Waals surface area contributed by atoms with Gasteiger partial charge in [0.15, 0.2) is 0 Å². The molecular formula is C18H24N2O. The first-order valence-electron chi connectivity index (χ1n) is 7.66.